The molecule has 84 valence electrons. The molecule has 15 heavy (non-hydrogen) atoms. The van der Waals surface area contributed by atoms with Gasteiger partial charge in [0, 0.05) is 12.6 Å². The Morgan fingerprint density at radius 1 is 1.33 bits per heavy atom. The highest BCUT2D eigenvalue weighted by Gasteiger charge is 2.39. The van der Waals surface area contributed by atoms with Crippen LogP contribution >= 0.6 is 0 Å². The van der Waals surface area contributed by atoms with E-state index in [9.17, 15) is 9.59 Å². The smallest absolute Gasteiger partial charge is 0.326 e. The fourth-order valence-electron chi connectivity index (χ4n) is 2.01. The second-order valence-corrected chi connectivity index (χ2v) is 4.45. The van der Waals surface area contributed by atoms with E-state index in [4.69, 9.17) is 5.11 Å². The van der Waals surface area contributed by atoms with E-state index in [1.54, 1.807) is 0 Å². The highest BCUT2D eigenvalue weighted by Crippen LogP contribution is 2.27. The zero-order valence-electron chi connectivity index (χ0n) is 8.77. The topological polar surface area (TPSA) is 69.6 Å². The monoisotopic (exact) mass is 212 g/mol. The first kappa shape index (κ1) is 10.3. The summed E-state index contributed by atoms with van der Waals surface area (Å²) < 4.78 is 0. The summed E-state index contributed by atoms with van der Waals surface area (Å²) in [5.74, 6) is -0.378. The van der Waals surface area contributed by atoms with Gasteiger partial charge in [-0.2, -0.15) is 0 Å². The first-order chi connectivity index (χ1) is 7.09. The number of hydrogen-bond acceptors (Lipinski definition) is 2. The van der Waals surface area contributed by atoms with Gasteiger partial charge in [0.2, 0.25) is 0 Å². The molecule has 0 aromatic carbocycles. The normalized spacial score (nSPS) is 33.9. The summed E-state index contributed by atoms with van der Waals surface area (Å²) in [6.45, 7) is 2.66. The fraction of sp³-hybridized carbons (Fsp3) is 0.800. The van der Waals surface area contributed by atoms with Crippen LogP contribution in [-0.2, 0) is 4.79 Å². The Labute approximate surface area is 88.4 Å². The number of nitrogens with zero attached hydrogens (tertiary/aromatic N) is 1. The predicted molar refractivity (Wildman–Crippen MR) is 53.5 cm³/mol. The lowest BCUT2D eigenvalue weighted by Gasteiger charge is -2.41. The molecule has 0 radical (unpaired) electrons. The lowest BCUT2D eigenvalue weighted by Crippen LogP contribution is -2.61. The van der Waals surface area contributed by atoms with Crippen LogP contribution in [-0.4, -0.2) is 40.6 Å². The zero-order valence-corrected chi connectivity index (χ0v) is 8.77. The number of carbonyl (C=O) groups is 2. The first-order valence-corrected chi connectivity index (χ1v) is 5.39. The number of amides is 2. The van der Waals surface area contributed by atoms with Gasteiger partial charge in [-0.05, 0) is 25.2 Å². The van der Waals surface area contributed by atoms with Crippen LogP contribution in [0, 0.1) is 5.92 Å². The Morgan fingerprint density at radius 2 is 2.07 bits per heavy atom. The number of carboxylic acid groups (broad SMARTS) is 1. The summed E-state index contributed by atoms with van der Waals surface area (Å²) in [4.78, 5) is 23.7. The third-order valence-corrected chi connectivity index (χ3v) is 3.49. The van der Waals surface area contributed by atoms with Crippen LogP contribution in [0.15, 0.2) is 0 Å². The maximum absolute atomic E-state index is 11.6. The molecule has 2 fully saturated rings. The van der Waals surface area contributed by atoms with Crippen LogP contribution in [0.4, 0.5) is 4.79 Å². The molecule has 2 rings (SSSR count). The Kier molecular flexibility index (Phi) is 2.54. The predicted octanol–water partition coefficient (Wildman–Crippen LogP) is 0.653. The van der Waals surface area contributed by atoms with Gasteiger partial charge in [-0.3, -0.25) is 0 Å². The quantitative estimate of drug-likeness (QED) is 0.706. The molecule has 1 aliphatic heterocycles. The average molecular weight is 212 g/mol. The molecule has 1 saturated heterocycles. The van der Waals surface area contributed by atoms with Crippen molar-refractivity contribution in [2.24, 2.45) is 5.92 Å². The standard InChI is InChI=1S/C10H16N2O3/c1-6-2-3-7(6)11-10(15)12-5-4-8(12)9(13)14/h6-8H,2-5H2,1H3,(H,11,15)(H,13,14). The average Bonchev–Trinajstić information content (AvgIpc) is 2.09. The van der Waals surface area contributed by atoms with Crippen molar-refractivity contribution in [3.63, 3.8) is 0 Å². The third-order valence-electron chi connectivity index (χ3n) is 3.49. The molecule has 3 atom stereocenters. The van der Waals surface area contributed by atoms with Crippen molar-refractivity contribution in [2.45, 2.75) is 38.3 Å². The Hall–Kier alpha value is -1.26. The maximum atomic E-state index is 11.6. The van der Waals surface area contributed by atoms with Crippen molar-refractivity contribution in [3.05, 3.63) is 0 Å². The van der Waals surface area contributed by atoms with Crippen molar-refractivity contribution >= 4 is 12.0 Å². The van der Waals surface area contributed by atoms with Crippen molar-refractivity contribution in [1.29, 1.82) is 0 Å². The van der Waals surface area contributed by atoms with Crippen molar-refractivity contribution in [1.82, 2.24) is 10.2 Å². The number of aliphatic carboxylic acids is 1. The zero-order chi connectivity index (χ0) is 11.0. The number of carboxylic acids is 1. The van der Waals surface area contributed by atoms with Gasteiger partial charge in [0.1, 0.15) is 6.04 Å². The van der Waals surface area contributed by atoms with Gasteiger partial charge in [0.05, 0.1) is 0 Å². The lowest BCUT2D eigenvalue weighted by molar-refractivity contribution is -0.146. The van der Waals surface area contributed by atoms with Crippen LogP contribution in [0.2, 0.25) is 0 Å². The first-order valence-electron chi connectivity index (χ1n) is 5.39. The van der Waals surface area contributed by atoms with Crippen LogP contribution in [0.5, 0.6) is 0 Å². The summed E-state index contributed by atoms with van der Waals surface area (Å²) >= 11 is 0. The molecule has 2 N–H and O–H groups in total. The van der Waals surface area contributed by atoms with Crippen molar-refractivity contribution in [3.8, 4) is 0 Å². The van der Waals surface area contributed by atoms with Gasteiger partial charge in [0.25, 0.3) is 0 Å². The van der Waals surface area contributed by atoms with Gasteiger partial charge >= 0.3 is 12.0 Å². The second kappa shape index (κ2) is 3.72. The number of hydrogen-bond donors (Lipinski definition) is 2. The Morgan fingerprint density at radius 3 is 2.40 bits per heavy atom. The molecule has 0 spiro atoms. The third kappa shape index (κ3) is 1.78. The molecule has 1 aliphatic carbocycles. The van der Waals surface area contributed by atoms with Crippen LogP contribution in [0.1, 0.15) is 26.2 Å². The minimum atomic E-state index is -0.905. The molecular weight excluding hydrogens is 196 g/mol. The molecule has 2 amide bonds. The maximum Gasteiger partial charge on any atom is 0.326 e. The second-order valence-electron chi connectivity index (χ2n) is 4.45. The highest BCUT2D eigenvalue weighted by atomic mass is 16.4. The molecule has 0 aromatic rings. The molecule has 2 aliphatic rings. The summed E-state index contributed by atoms with van der Waals surface area (Å²) in [5.41, 5.74) is 0. The lowest BCUT2D eigenvalue weighted by atomic mass is 9.81. The van der Waals surface area contributed by atoms with E-state index in [1.165, 1.54) is 4.90 Å². The Bertz CT molecular complexity index is 292. The minimum Gasteiger partial charge on any atom is -0.480 e. The summed E-state index contributed by atoms with van der Waals surface area (Å²) in [6, 6.07) is -0.585. The van der Waals surface area contributed by atoms with Crippen LogP contribution in [0.25, 0.3) is 0 Å². The van der Waals surface area contributed by atoms with E-state index < -0.39 is 12.0 Å². The van der Waals surface area contributed by atoms with E-state index >= 15 is 0 Å². The van der Waals surface area contributed by atoms with E-state index in [1.807, 2.05) is 0 Å². The van der Waals surface area contributed by atoms with Gasteiger partial charge in [0.15, 0.2) is 0 Å². The van der Waals surface area contributed by atoms with E-state index in [0.29, 0.717) is 18.9 Å². The minimum absolute atomic E-state index is 0.217. The van der Waals surface area contributed by atoms with Crippen LogP contribution < -0.4 is 5.32 Å². The highest BCUT2D eigenvalue weighted by molar-refractivity contribution is 5.84. The van der Waals surface area contributed by atoms with Gasteiger partial charge < -0.3 is 15.3 Å². The molecule has 1 heterocycles. The molecule has 5 heteroatoms. The van der Waals surface area contributed by atoms with Gasteiger partial charge in [-0.1, -0.05) is 6.92 Å². The van der Waals surface area contributed by atoms with E-state index in [0.717, 1.165) is 12.8 Å². The Balaban J connectivity index is 1.83. The molecule has 0 aromatic heterocycles. The van der Waals surface area contributed by atoms with Crippen molar-refractivity contribution in [2.75, 3.05) is 6.54 Å². The summed E-state index contributed by atoms with van der Waals surface area (Å²) in [6.07, 6.45) is 2.73. The molecule has 0 bridgehead atoms. The van der Waals surface area contributed by atoms with E-state index in [-0.39, 0.29) is 12.1 Å². The number of urea groups is 1. The number of nitrogens with one attached hydrogen (secondary N) is 1. The fourth-order valence-corrected chi connectivity index (χ4v) is 2.01. The number of carbonyl (C=O) groups excluding carboxylic acids is 1. The van der Waals surface area contributed by atoms with Gasteiger partial charge in [-0.15, -0.1) is 0 Å². The number of likely N-dealkylation sites (tertiary alicyclic amines) is 1. The molecule has 1 saturated carbocycles. The largest absolute Gasteiger partial charge is 0.480 e. The SMILES string of the molecule is CC1CCC1NC(=O)N1CCC1C(=O)O. The molecular formula is C10H16N2O3. The number of rotatable bonds is 2. The van der Waals surface area contributed by atoms with Gasteiger partial charge in [-0.25, -0.2) is 9.59 Å². The summed E-state index contributed by atoms with van der Waals surface area (Å²) in [5, 5.41) is 11.7. The summed E-state index contributed by atoms with van der Waals surface area (Å²) in [7, 11) is 0. The van der Waals surface area contributed by atoms with Crippen LogP contribution in [0.3, 0.4) is 0 Å². The van der Waals surface area contributed by atoms with E-state index in [2.05, 4.69) is 12.2 Å². The molecule has 5 nitrogen and oxygen atoms in total. The molecule has 3 unspecified atom stereocenters. The van der Waals surface area contributed by atoms with Crippen molar-refractivity contribution < 1.29 is 14.7 Å².